The minimum absolute atomic E-state index is 0.0983. The first kappa shape index (κ1) is 19.2. The summed E-state index contributed by atoms with van der Waals surface area (Å²) in [4.78, 5) is 17.9. The van der Waals surface area contributed by atoms with Crippen molar-refractivity contribution in [3.63, 3.8) is 0 Å². The van der Waals surface area contributed by atoms with Gasteiger partial charge in [0.2, 0.25) is 0 Å². The number of ketones is 1. The monoisotopic (exact) mass is 453 g/mol. The van der Waals surface area contributed by atoms with Crippen LogP contribution in [-0.2, 0) is 11.3 Å². The van der Waals surface area contributed by atoms with Gasteiger partial charge in [-0.1, -0.05) is 18.2 Å². The Labute approximate surface area is 195 Å². The first-order chi connectivity index (χ1) is 16.5. The summed E-state index contributed by atoms with van der Waals surface area (Å²) in [6, 6.07) is 0. The van der Waals surface area contributed by atoms with Gasteiger partial charge in [0.25, 0.3) is 6.23 Å². The molecule has 0 saturated carbocycles. The summed E-state index contributed by atoms with van der Waals surface area (Å²) in [5, 5.41) is 15.2. The Morgan fingerprint density at radius 1 is 1.35 bits per heavy atom. The third-order valence-corrected chi connectivity index (χ3v) is 8.59. The Balaban J connectivity index is 1.69. The number of rotatable bonds is 1. The Morgan fingerprint density at radius 2 is 2.24 bits per heavy atom. The molecule has 1 aromatic heterocycles. The van der Waals surface area contributed by atoms with Crippen LogP contribution in [-0.4, -0.2) is 46.7 Å². The molecule has 1 fully saturated rings. The van der Waals surface area contributed by atoms with E-state index in [4.69, 9.17) is 4.74 Å². The lowest BCUT2D eigenvalue weighted by atomic mass is 9.90. The smallest absolute Gasteiger partial charge is 0.251 e. The van der Waals surface area contributed by atoms with E-state index >= 15 is 0 Å². The summed E-state index contributed by atoms with van der Waals surface area (Å²) in [7, 11) is 1.91. The zero-order valence-corrected chi connectivity index (χ0v) is 19.1. The predicted octanol–water partition coefficient (Wildman–Crippen LogP) is 1.74. The van der Waals surface area contributed by atoms with E-state index in [0.717, 1.165) is 61.5 Å². The van der Waals surface area contributed by atoms with Gasteiger partial charge in [0.15, 0.2) is 17.1 Å². The SMILES string of the molecule is CN[N@@+]12C3=C4C=C[C@H](C3)O[C@](C)(/C=C\Cn3c5c(c6c7c(c4c1c63)C=NC=7)C(=O)CCC=5)[C@@H]2O. The Hall–Kier alpha value is -3.10. The minimum atomic E-state index is -0.924. The molecule has 2 N–H and O–H groups in total. The average Bonchev–Trinajstić information content (AvgIpc) is 3.49. The van der Waals surface area contributed by atoms with E-state index in [0.29, 0.717) is 19.4 Å². The van der Waals surface area contributed by atoms with Gasteiger partial charge in [-0.3, -0.25) is 9.79 Å². The molecule has 34 heavy (non-hydrogen) atoms. The number of aliphatic hydroxyl groups is 1. The maximum absolute atomic E-state index is 13.3. The molecule has 7 nitrogen and oxygen atoms in total. The van der Waals surface area contributed by atoms with Gasteiger partial charge in [-0.25, -0.2) is 0 Å². The first-order valence-electron chi connectivity index (χ1n) is 12.0. The number of aliphatic hydroxyl groups excluding tert-OH is 1. The van der Waals surface area contributed by atoms with Crippen LogP contribution in [0.25, 0.3) is 28.8 Å². The van der Waals surface area contributed by atoms with Crippen molar-refractivity contribution in [3.8, 4) is 0 Å². The number of hydrogen-bond acceptors (Lipinski definition) is 5. The lowest BCUT2D eigenvalue weighted by Crippen LogP contribution is -2.68. The molecule has 5 heterocycles. The molecule has 0 unspecified atom stereocenters. The van der Waals surface area contributed by atoms with E-state index in [1.807, 2.05) is 32.5 Å². The highest BCUT2D eigenvalue weighted by molar-refractivity contribution is 6.18. The summed E-state index contributed by atoms with van der Waals surface area (Å²) in [5.41, 5.74) is 9.81. The fraction of sp³-hybridized carbons (Fsp3) is 0.333. The van der Waals surface area contributed by atoms with Crippen molar-refractivity contribution in [3.05, 3.63) is 57.3 Å². The first-order valence-corrected chi connectivity index (χ1v) is 12.0. The van der Waals surface area contributed by atoms with Crippen LogP contribution >= 0.6 is 0 Å². The molecule has 0 amide bonds. The number of carbonyl (C=O) groups excluding carboxylic acids is 1. The second-order valence-electron chi connectivity index (χ2n) is 10.2. The molecule has 0 radical (unpaired) electrons. The Bertz CT molecular complexity index is 1640. The molecule has 2 aromatic rings. The number of ether oxygens (including phenoxy) is 1. The van der Waals surface area contributed by atoms with Gasteiger partial charge in [-0.05, 0) is 25.5 Å². The molecular formula is C27H25N4O3+. The fourth-order valence-electron chi connectivity index (χ4n) is 7.25. The predicted molar refractivity (Wildman–Crippen MR) is 131 cm³/mol. The van der Waals surface area contributed by atoms with Crippen LogP contribution in [0, 0.1) is 0 Å². The maximum atomic E-state index is 13.3. The van der Waals surface area contributed by atoms with Crippen molar-refractivity contribution in [1.29, 1.82) is 0 Å². The van der Waals surface area contributed by atoms with Gasteiger partial charge in [0.05, 0.1) is 23.7 Å². The maximum Gasteiger partial charge on any atom is 0.251 e. The zero-order chi connectivity index (χ0) is 23.0. The number of aliphatic imine (C=N–C) groups is 1. The van der Waals surface area contributed by atoms with Crippen LogP contribution < -0.4 is 20.6 Å². The molecular weight excluding hydrogens is 428 g/mol. The molecule has 1 aromatic carbocycles. The van der Waals surface area contributed by atoms with Gasteiger partial charge in [0.1, 0.15) is 11.2 Å². The number of hydrogen-bond donors (Lipinski definition) is 2. The molecule has 4 atom stereocenters. The number of nitrogens with zero attached hydrogens (tertiary/aromatic N) is 3. The highest BCUT2D eigenvalue weighted by atomic mass is 16.5. The summed E-state index contributed by atoms with van der Waals surface area (Å²) in [5.74, 6) is 0.181. The molecule has 8 rings (SSSR count). The number of benzene rings is 1. The van der Waals surface area contributed by atoms with Crippen molar-refractivity contribution < 1.29 is 14.6 Å². The van der Waals surface area contributed by atoms with Crippen molar-refractivity contribution in [1.82, 2.24) is 14.6 Å². The van der Waals surface area contributed by atoms with Gasteiger partial charge in [-0.15, -0.1) is 0 Å². The number of carbonyl (C=O) groups is 1. The molecule has 1 saturated heterocycles. The highest BCUT2D eigenvalue weighted by Gasteiger charge is 2.62. The molecule has 2 aliphatic carbocycles. The summed E-state index contributed by atoms with van der Waals surface area (Å²) < 4.78 is 8.93. The zero-order valence-electron chi connectivity index (χ0n) is 19.1. The lowest BCUT2D eigenvalue weighted by Gasteiger charge is -2.42. The van der Waals surface area contributed by atoms with E-state index in [2.05, 4.69) is 39.3 Å². The number of aromatic nitrogens is 1. The molecule has 4 aliphatic heterocycles. The number of quaternary nitrogens is 1. The van der Waals surface area contributed by atoms with Gasteiger partial charge in [0, 0.05) is 59.5 Å². The quantitative estimate of drug-likeness (QED) is 0.510. The molecule has 4 bridgehead atoms. The van der Waals surface area contributed by atoms with Crippen LogP contribution in [0.5, 0.6) is 0 Å². The van der Waals surface area contributed by atoms with E-state index in [9.17, 15) is 9.90 Å². The number of nitrogens with one attached hydrogen (secondary N) is 1. The highest BCUT2D eigenvalue weighted by Crippen LogP contribution is 2.56. The van der Waals surface area contributed by atoms with Crippen LogP contribution in [0.3, 0.4) is 0 Å². The van der Waals surface area contributed by atoms with Crippen molar-refractivity contribution >= 4 is 46.4 Å². The van der Waals surface area contributed by atoms with Gasteiger partial charge in [-0.2, -0.15) is 10.0 Å². The summed E-state index contributed by atoms with van der Waals surface area (Å²) in [6.07, 6.45) is 15.3. The molecule has 6 aliphatic rings. The topological polar surface area (TPSA) is 75.8 Å². The average molecular weight is 454 g/mol. The Morgan fingerprint density at radius 3 is 3.09 bits per heavy atom. The standard InChI is InChI=1S/C27H25N4O3/c1-27-9-4-10-30-18-5-3-6-20(32)23(18)22-17-13-29-12-16(17)21-15-8-7-14(34-27)11-19(15)31(28-2,26(27)33)25(21)24(22)30/h4-5,7-9,12-14,26,28,33H,3,6,10-11H2,1-2H3/q+1/b9-4-/t14-,26+,27-,31+/m1/s1. The van der Waals surface area contributed by atoms with Gasteiger partial charge < -0.3 is 14.4 Å². The van der Waals surface area contributed by atoms with Gasteiger partial charge >= 0.3 is 0 Å². The fourth-order valence-corrected chi connectivity index (χ4v) is 7.25. The molecule has 0 spiro atoms. The normalized spacial score (nSPS) is 34.5. The number of allylic oxidation sites excluding steroid dienone is 3. The van der Waals surface area contributed by atoms with Crippen LogP contribution in [0.15, 0.2) is 35.0 Å². The van der Waals surface area contributed by atoms with Crippen LogP contribution in [0.2, 0.25) is 0 Å². The second-order valence-corrected chi connectivity index (χ2v) is 10.2. The number of Topliss-reactive ketones (excluding diaryl/α,β-unsaturated/α-hetero) is 1. The lowest BCUT2D eigenvalue weighted by molar-refractivity contribution is -0.139. The third kappa shape index (κ3) is 1.90. The third-order valence-electron chi connectivity index (χ3n) is 8.59. The van der Waals surface area contributed by atoms with Crippen molar-refractivity contribution in [2.24, 2.45) is 4.99 Å². The molecule has 170 valence electrons. The van der Waals surface area contributed by atoms with Crippen LogP contribution in [0.1, 0.15) is 47.7 Å². The summed E-state index contributed by atoms with van der Waals surface area (Å²) in [6.45, 7) is 2.57. The van der Waals surface area contributed by atoms with Crippen molar-refractivity contribution in [2.75, 3.05) is 7.05 Å². The largest absolute Gasteiger partial charge is 0.354 e. The number of fused-ring (bicyclic) bond motifs is 9. The van der Waals surface area contributed by atoms with Crippen molar-refractivity contribution in [2.45, 2.75) is 50.7 Å². The molecule has 7 heteroatoms. The van der Waals surface area contributed by atoms with E-state index in [1.165, 1.54) is 0 Å². The summed E-state index contributed by atoms with van der Waals surface area (Å²) >= 11 is 0. The van der Waals surface area contributed by atoms with Crippen LogP contribution in [0.4, 0.5) is 5.69 Å². The van der Waals surface area contributed by atoms with E-state index in [1.54, 1.807) is 0 Å². The van der Waals surface area contributed by atoms with E-state index < -0.39 is 11.8 Å². The Kier molecular flexibility index (Phi) is 3.35. The minimum Gasteiger partial charge on any atom is -0.354 e. The second kappa shape index (κ2) is 5.93. The van der Waals surface area contributed by atoms with E-state index in [-0.39, 0.29) is 16.5 Å².